The lowest BCUT2D eigenvalue weighted by molar-refractivity contribution is -0.995. The highest BCUT2D eigenvalue weighted by atomic mass is 32.2. The normalized spacial score (nSPS) is 24.7. The zero-order chi connectivity index (χ0) is 14.8. The van der Waals surface area contributed by atoms with Crippen LogP contribution in [0, 0.1) is 0 Å². The highest BCUT2D eigenvalue weighted by Crippen LogP contribution is 2.20. The van der Waals surface area contributed by atoms with Crippen LogP contribution in [0.2, 0.25) is 0 Å². The maximum atomic E-state index is 13.2. The standard InChI is InChI=1S/C8H13FN.CHF3O3S/c1-7-4-8(2)6-10(3,9)5-7;2-1(3,4)8(5,6)7/h4-5H,6H2,1-3H3;(H,5,6,7)/q+1;/p-1. The molecule has 1 aliphatic heterocycles. The Kier molecular flexibility index (Phi) is 5.09. The molecule has 0 aliphatic carbocycles. The lowest BCUT2D eigenvalue weighted by atomic mass is 10.1. The van der Waals surface area contributed by atoms with Crippen LogP contribution in [-0.2, 0) is 10.1 Å². The molecule has 0 radical (unpaired) electrons. The van der Waals surface area contributed by atoms with Crippen molar-refractivity contribution in [2.75, 3.05) is 13.6 Å². The maximum absolute atomic E-state index is 13.2. The highest BCUT2D eigenvalue weighted by Gasteiger charge is 2.36. The Morgan fingerprint density at radius 1 is 1.33 bits per heavy atom. The molecule has 0 fully saturated rings. The van der Waals surface area contributed by atoms with Gasteiger partial charge in [-0.05, 0) is 25.5 Å². The van der Waals surface area contributed by atoms with Crippen molar-refractivity contribution in [2.24, 2.45) is 0 Å². The van der Waals surface area contributed by atoms with Gasteiger partial charge in [0.1, 0.15) is 19.8 Å². The number of nitrogens with zero attached hydrogens (tertiary/aromatic N) is 1. The van der Waals surface area contributed by atoms with Gasteiger partial charge in [-0.2, -0.15) is 13.2 Å². The van der Waals surface area contributed by atoms with Crippen LogP contribution >= 0.6 is 0 Å². The Hall–Kier alpha value is -0.930. The fourth-order valence-electron chi connectivity index (χ4n) is 1.43. The number of likely N-dealkylation sites (N-methyl/N-ethyl adjacent to an activating group) is 1. The molecule has 1 atom stereocenters. The summed E-state index contributed by atoms with van der Waals surface area (Å²) >= 11 is 0. The van der Waals surface area contributed by atoms with E-state index < -0.39 is 20.3 Å². The summed E-state index contributed by atoms with van der Waals surface area (Å²) in [5, 5.41) is 0. The molecule has 18 heavy (non-hydrogen) atoms. The van der Waals surface area contributed by atoms with E-state index in [1.807, 2.05) is 19.9 Å². The van der Waals surface area contributed by atoms with Crippen molar-refractivity contribution < 1.29 is 35.3 Å². The smallest absolute Gasteiger partial charge is 0.485 e. The highest BCUT2D eigenvalue weighted by molar-refractivity contribution is 7.86. The lowest BCUT2D eigenvalue weighted by Gasteiger charge is -2.20. The van der Waals surface area contributed by atoms with Crippen LogP contribution in [0.15, 0.2) is 23.4 Å². The molecule has 0 bridgehead atoms. The van der Waals surface area contributed by atoms with Gasteiger partial charge in [0, 0.05) is 10.1 Å². The van der Waals surface area contributed by atoms with Gasteiger partial charge < -0.3 is 4.55 Å². The second kappa shape index (κ2) is 5.37. The van der Waals surface area contributed by atoms with Gasteiger partial charge in [0.15, 0.2) is 10.1 Å². The minimum absolute atomic E-state index is 0.483. The molecule has 1 rings (SSSR count). The number of quaternary nitrogens is 1. The molecule has 9 heteroatoms. The van der Waals surface area contributed by atoms with Crippen molar-refractivity contribution >= 4 is 10.1 Å². The van der Waals surface area contributed by atoms with Crippen LogP contribution in [0.4, 0.5) is 17.7 Å². The summed E-state index contributed by atoms with van der Waals surface area (Å²) in [6.07, 6.45) is 3.63. The Morgan fingerprint density at radius 3 is 1.94 bits per heavy atom. The van der Waals surface area contributed by atoms with Gasteiger partial charge in [-0.3, -0.25) is 0 Å². The first-order valence-corrected chi connectivity index (χ1v) is 6.09. The van der Waals surface area contributed by atoms with Crippen molar-refractivity contribution in [3.05, 3.63) is 23.4 Å². The molecular weight excluding hydrogens is 278 g/mol. The van der Waals surface area contributed by atoms with Crippen molar-refractivity contribution in [3.8, 4) is 0 Å². The van der Waals surface area contributed by atoms with Gasteiger partial charge in [0.25, 0.3) is 0 Å². The Labute approximate surface area is 102 Å². The Balaban J connectivity index is 0.000000331. The molecule has 0 amide bonds. The van der Waals surface area contributed by atoms with Crippen LogP contribution in [-0.4, -0.2) is 36.8 Å². The number of hydrogen-bond acceptors (Lipinski definition) is 3. The predicted octanol–water partition coefficient (Wildman–Crippen LogP) is 2.23. The number of hydrogen-bond donors (Lipinski definition) is 0. The molecule has 0 aromatic rings. The summed E-state index contributed by atoms with van der Waals surface area (Å²) in [4.78, 5) is 0. The van der Waals surface area contributed by atoms with E-state index in [1.165, 1.54) is 0 Å². The van der Waals surface area contributed by atoms with E-state index in [2.05, 4.69) is 0 Å². The minimum Gasteiger partial charge on any atom is -0.741 e. The molecule has 0 aromatic heterocycles. The summed E-state index contributed by atoms with van der Waals surface area (Å²) in [6, 6.07) is 0. The van der Waals surface area contributed by atoms with Gasteiger partial charge in [-0.15, -0.1) is 4.71 Å². The fourth-order valence-corrected chi connectivity index (χ4v) is 1.43. The quantitative estimate of drug-likeness (QED) is 0.298. The first kappa shape index (κ1) is 17.1. The number of alkyl halides is 3. The largest absolute Gasteiger partial charge is 0.741 e. The molecule has 1 heterocycles. The average Bonchev–Trinajstić information content (AvgIpc) is 1.94. The van der Waals surface area contributed by atoms with Crippen LogP contribution in [0.3, 0.4) is 0 Å². The second-order valence-electron chi connectivity index (χ2n) is 4.06. The van der Waals surface area contributed by atoms with Crippen molar-refractivity contribution in [1.29, 1.82) is 0 Å². The predicted molar refractivity (Wildman–Crippen MR) is 55.4 cm³/mol. The molecule has 0 saturated heterocycles. The maximum Gasteiger partial charge on any atom is 0.485 e. The summed E-state index contributed by atoms with van der Waals surface area (Å²) in [7, 11) is -4.53. The summed E-state index contributed by atoms with van der Waals surface area (Å²) < 4.78 is 71.6. The van der Waals surface area contributed by atoms with Crippen molar-refractivity contribution in [3.63, 3.8) is 0 Å². The summed E-state index contributed by atoms with van der Waals surface area (Å²) in [5.41, 5.74) is -3.54. The molecular formula is C9H13F4NO3S. The average molecular weight is 291 g/mol. The second-order valence-corrected chi connectivity index (χ2v) is 5.44. The first-order chi connectivity index (χ1) is 7.74. The van der Waals surface area contributed by atoms with E-state index in [1.54, 1.807) is 13.2 Å². The van der Waals surface area contributed by atoms with E-state index in [-0.39, 0.29) is 0 Å². The molecule has 1 unspecified atom stereocenters. The van der Waals surface area contributed by atoms with Crippen LogP contribution in [0.5, 0.6) is 0 Å². The van der Waals surface area contributed by atoms with Crippen LogP contribution < -0.4 is 0 Å². The SMILES string of the molecule is CC1=C[N+](C)(F)CC(C)=C1.O=S(=O)([O-])C(F)(F)F. The topological polar surface area (TPSA) is 57.2 Å². The van der Waals surface area contributed by atoms with Crippen LogP contribution in [0.1, 0.15) is 13.8 Å². The third-order valence-electron chi connectivity index (χ3n) is 1.79. The molecule has 0 spiro atoms. The van der Waals surface area contributed by atoms with E-state index in [9.17, 15) is 17.7 Å². The third-order valence-corrected chi connectivity index (χ3v) is 2.36. The third kappa shape index (κ3) is 6.12. The molecule has 0 aromatic carbocycles. The van der Waals surface area contributed by atoms with Crippen molar-refractivity contribution in [1.82, 2.24) is 0 Å². The minimum atomic E-state index is -6.09. The number of halogens is 4. The van der Waals surface area contributed by atoms with Gasteiger partial charge in [-0.1, -0.05) is 0 Å². The van der Waals surface area contributed by atoms with Gasteiger partial charge in [0.2, 0.25) is 0 Å². The molecule has 106 valence electrons. The Morgan fingerprint density at radius 2 is 1.72 bits per heavy atom. The number of rotatable bonds is 0. The van der Waals surface area contributed by atoms with E-state index in [4.69, 9.17) is 13.0 Å². The summed E-state index contributed by atoms with van der Waals surface area (Å²) in [5.74, 6) is 0. The van der Waals surface area contributed by atoms with E-state index in [0.29, 0.717) is 6.54 Å². The Bertz CT molecular complexity index is 463. The zero-order valence-electron chi connectivity index (χ0n) is 9.95. The van der Waals surface area contributed by atoms with Gasteiger partial charge in [0.05, 0.1) is 0 Å². The summed E-state index contributed by atoms with van der Waals surface area (Å²) in [6.45, 7) is 4.35. The van der Waals surface area contributed by atoms with E-state index >= 15 is 0 Å². The molecule has 0 N–H and O–H groups in total. The lowest BCUT2D eigenvalue weighted by Crippen LogP contribution is -2.32. The molecule has 0 saturated carbocycles. The molecule has 4 nitrogen and oxygen atoms in total. The monoisotopic (exact) mass is 291 g/mol. The number of allylic oxidation sites excluding steroid dienone is 2. The zero-order valence-corrected chi connectivity index (χ0v) is 10.8. The van der Waals surface area contributed by atoms with Gasteiger partial charge >= 0.3 is 5.51 Å². The van der Waals surface area contributed by atoms with Gasteiger partial charge in [-0.25, -0.2) is 8.42 Å². The van der Waals surface area contributed by atoms with E-state index in [0.717, 1.165) is 11.1 Å². The molecule has 1 aliphatic rings. The first-order valence-electron chi connectivity index (χ1n) is 4.68. The fraction of sp³-hybridized carbons (Fsp3) is 0.556. The van der Waals surface area contributed by atoms with Crippen LogP contribution in [0.25, 0.3) is 0 Å². The van der Waals surface area contributed by atoms with Crippen molar-refractivity contribution in [2.45, 2.75) is 19.4 Å².